The molecule has 0 aromatic heterocycles. The Balaban J connectivity index is 0.00000225. The summed E-state index contributed by atoms with van der Waals surface area (Å²) in [6.07, 6.45) is 4.59. The minimum atomic E-state index is 0. The van der Waals surface area contributed by atoms with Crippen LogP contribution in [0.25, 0.3) is 17.2 Å². The summed E-state index contributed by atoms with van der Waals surface area (Å²) >= 11 is 0. The smallest absolute Gasteiger partial charge is 0.0161 e. The van der Waals surface area contributed by atoms with Gasteiger partial charge in [-0.15, -0.1) is 0 Å². The summed E-state index contributed by atoms with van der Waals surface area (Å²) in [4.78, 5) is 0. The number of allylic oxidation sites excluding steroid dienone is 1. The average molecular weight is 409 g/mol. The summed E-state index contributed by atoms with van der Waals surface area (Å²) in [5.74, 6) is 0. The zero-order valence-corrected chi connectivity index (χ0v) is 19.1. The van der Waals surface area contributed by atoms with Crippen molar-refractivity contribution in [3.05, 3.63) is 70.6 Å². The van der Waals surface area contributed by atoms with Gasteiger partial charge in [0.25, 0.3) is 0 Å². The summed E-state index contributed by atoms with van der Waals surface area (Å²) < 4.78 is 0. The summed E-state index contributed by atoms with van der Waals surface area (Å²) in [5.41, 5.74) is 9.82. The predicted octanol–water partition coefficient (Wildman–Crippen LogP) is 6.92. The molecule has 0 bridgehead atoms. The van der Waals surface area contributed by atoms with Gasteiger partial charge in [0.1, 0.15) is 0 Å². The first kappa shape index (κ1) is 20.4. The van der Waals surface area contributed by atoms with Crippen LogP contribution in [0.5, 0.6) is 0 Å². The molecule has 0 atom stereocenters. The Kier molecular flexibility index (Phi) is 5.70. The van der Waals surface area contributed by atoms with E-state index in [-0.39, 0.29) is 37.0 Å². The van der Waals surface area contributed by atoms with E-state index in [2.05, 4.69) is 97.4 Å². The Bertz CT molecular complexity index is 779. The van der Waals surface area contributed by atoms with Crippen LogP contribution in [0.15, 0.2) is 42.0 Å². The molecule has 0 saturated carbocycles. The van der Waals surface area contributed by atoms with Crippen LogP contribution >= 0.6 is 0 Å². The molecule has 0 unspecified atom stereocenters. The number of benzene rings is 2. The number of hydrogen-bond acceptors (Lipinski definition) is 0. The molecule has 129 valence electrons. The largest absolute Gasteiger partial charge is 0.0642 e. The van der Waals surface area contributed by atoms with Crippen LogP contribution in [0, 0.1) is 6.42 Å². The number of hydrogen-bond donors (Lipinski definition) is 0. The second kappa shape index (κ2) is 6.99. The second-order valence-electron chi connectivity index (χ2n) is 9.14. The van der Waals surface area contributed by atoms with Crippen LogP contribution in [-0.2, 0) is 37.0 Å². The van der Waals surface area contributed by atoms with Crippen molar-refractivity contribution >= 4 is 6.08 Å². The Hall–Kier alpha value is -0.937. The Morgan fingerprint density at radius 1 is 0.760 bits per heavy atom. The molecule has 0 saturated heterocycles. The maximum absolute atomic E-state index is 2.39. The fraction of sp³-hybridized carbons (Fsp3) is 0.375. The van der Waals surface area contributed by atoms with E-state index in [1.807, 2.05) is 0 Å². The van der Waals surface area contributed by atoms with Gasteiger partial charge in [-0.2, -0.15) is 0 Å². The molecule has 3 rings (SSSR count). The molecule has 1 heteroatoms. The molecule has 0 amide bonds. The van der Waals surface area contributed by atoms with Gasteiger partial charge in [0.2, 0.25) is 0 Å². The van der Waals surface area contributed by atoms with Crippen molar-refractivity contribution in [3.8, 4) is 11.1 Å². The quantitative estimate of drug-likeness (QED) is 0.480. The van der Waals surface area contributed by atoms with E-state index in [0.29, 0.717) is 0 Å². The first-order valence-electron chi connectivity index (χ1n) is 8.88. The third kappa shape index (κ3) is 4.25. The van der Waals surface area contributed by atoms with Gasteiger partial charge in [0.15, 0.2) is 0 Å². The van der Waals surface area contributed by atoms with E-state index in [4.69, 9.17) is 0 Å². The minimum absolute atomic E-state index is 0. The van der Waals surface area contributed by atoms with E-state index in [0.717, 1.165) is 0 Å². The zero-order valence-electron chi connectivity index (χ0n) is 16.6. The summed E-state index contributed by atoms with van der Waals surface area (Å²) in [7, 11) is 0. The number of fused-ring (bicyclic) bond motifs is 1. The maximum atomic E-state index is 2.39. The molecule has 2 aromatic carbocycles. The van der Waals surface area contributed by atoms with E-state index in [1.165, 1.54) is 39.0 Å². The van der Waals surface area contributed by atoms with Crippen LogP contribution in [0.4, 0.5) is 0 Å². The normalized spacial score (nSPS) is 14.0. The summed E-state index contributed by atoms with van der Waals surface area (Å²) in [6.45, 7) is 16.0. The van der Waals surface area contributed by atoms with Crippen LogP contribution in [0.2, 0.25) is 0 Å². The molecule has 1 aliphatic carbocycles. The van der Waals surface area contributed by atoms with Crippen LogP contribution in [-0.4, -0.2) is 0 Å². The Morgan fingerprint density at radius 3 is 1.84 bits per heavy atom. The zero-order chi connectivity index (χ0) is 17.7. The van der Waals surface area contributed by atoms with Crippen LogP contribution in [0.3, 0.4) is 0 Å². The summed E-state index contributed by atoms with van der Waals surface area (Å²) in [6, 6.07) is 13.8. The molecule has 1 aliphatic rings. The molecule has 0 nitrogen and oxygen atoms in total. The molecular formula is C24H29Zr. The fourth-order valence-corrected chi connectivity index (χ4v) is 3.29. The van der Waals surface area contributed by atoms with E-state index < -0.39 is 0 Å². The Morgan fingerprint density at radius 2 is 1.32 bits per heavy atom. The van der Waals surface area contributed by atoms with Crippen molar-refractivity contribution in [2.75, 3.05) is 0 Å². The number of rotatable bonds is 1. The molecule has 0 fully saturated rings. The molecule has 0 spiro atoms. The Labute approximate surface area is 172 Å². The van der Waals surface area contributed by atoms with Gasteiger partial charge >= 0.3 is 0 Å². The van der Waals surface area contributed by atoms with Crippen molar-refractivity contribution < 1.29 is 26.2 Å². The first-order valence-corrected chi connectivity index (χ1v) is 8.88. The van der Waals surface area contributed by atoms with Gasteiger partial charge in [-0.05, 0) is 51.1 Å². The monoisotopic (exact) mass is 407 g/mol. The molecule has 1 radical (unpaired) electrons. The third-order valence-electron chi connectivity index (χ3n) is 4.87. The van der Waals surface area contributed by atoms with Gasteiger partial charge in [-0.1, -0.05) is 89.6 Å². The topological polar surface area (TPSA) is 0 Å². The molecule has 0 aliphatic heterocycles. The SMILES string of the molecule is CC1=Cc2c(cccc2-c2cc(C(C)(C)C)cc(C(C)(C)C)c2)[CH]1.[Zr]. The molecule has 0 N–H and O–H groups in total. The maximum Gasteiger partial charge on any atom is 0.0161 e. The van der Waals surface area contributed by atoms with Gasteiger partial charge in [-0.3, -0.25) is 0 Å². The van der Waals surface area contributed by atoms with Crippen molar-refractivity contribution in [1.82, 2.24) is 0 Å². The summed E-state index contributed by atoms with van der Waals surface area (Å²) in [5, 5.41) is 0. The van der Waals surface area contributed by atoms with E-state index in [9.17, 15) is 0 Å². The minimum Gasteiger partial charge on any atom is -0.0642 e. The van der Waals surface area contributed by atoms with Crippen LogP contribution < -0.4 is 0 Å². The van der Waals surface area contributed by atoms with Crippen molar-refractivity contribution in [3.63, 3.8) is 0 Å². The molecule has 25 heavy (non-hydrogen) atoms. The van der Waals surface area contributed by atoms with Gasteiger partial charge in [-0.25, -0.2) is 0 Å². The standard InChI is InChI=1S/C24H29.Zr/c1-16-11-17-9-8-10-21(22(17)12-16)18-13-19(23(2,3)4)15-20(14-18)24(5,6)7;/h8-15H,1-7H3;. The van der Waals surface area contributed by atoms with Gasteiger partial charge < -0.3 is 0 Å². The van der Waals surface area contributed by atoms with Crippen molar-refractivity contribution in [2.45, 2.75) is 59.3 Å². The van der Waals surface area contributed by atoms with Crippen molar-refractivity contribution in [2.24, 2.45) is 0 Å². The van der Waals surface area contributed by atoms with Crippen molar-refractivity contribution in [1.29, 1.82) is 0 Å². The first-order chi connectivity index (χ1) is 11.1. The average Bonchev–Trinajstić information content (AvgIpc) is 2.84. The molecule has 0 heterocycles. The molecular weight excluding hydrogens is 379 g/mol. The van der Waals surface area contributed by atoms with Gasteiger partial charge in [0.05, 0.1) is 0 Å². The van der Waals surface area contributed by atoms with E-state index in [1.54, 1.807) is 0 Å². The third-order valence-corrected chi connectivity index (χ3v) is 4.87. The predicted molar refractivity (Wildman–Crippen MR) is 106 cm³/mol. The molecule has 2 aromatic rings. The van der Waals surface area contributed by atoms with Crippen LogP contribution in [0.1, 0.15) is 70.7 Å². The fourth-order valence-electron chi connectivity index (χ4n) is 3.29. The van der Waals surface area contributed by atoms with E-state index >= 15 is 0 Å². The van der Waals surface area contributed by atoms with Gasteiger partial charge in [0, 0.05) is 32.6 Å². The second-order valence-corrected chi connectivity index (χ2v) is 9.14.